The minimum absolute atomic E-state index is 0.0102. The molecular weight excluding hydrogens is 212 g/mol. The highest BCUT2D eigenvalue weighted by Crippen LogP contribution is 2.23. The minimum Gasteiger partial charge on any atom is -0.345 e. The topological polar surface area (TPSA) is 49.4 Å². The van der Waals surface area contributed by atoms with Gasteiger partial charge in [-0.2, -0.15) is 11.8 Å². The van der Waals surface area contributed by atoms with Crippen LogP contribution in [-0.2, 0) is 9.59 Å². The fourth-order valence-electron chi connectivity index (χ4n) is 2.09. The van der Waals surface area contributed by atoms with Gasteiger partial charge in [0.05, 0.1) is 0 Å². The molecule has 2 atom stereocenters. The van der Waals surface area contributed by atoms with Crippen LogP contribution >= 0.6 is 11.8 Å². The first-order valence-corrected chi connectivity index (χ1v) is 6.51. The van der Waals surface area contributed by atoms with E-state index in [4.69, 9.17) is 0 Å². The molecule has 0 aromatic carbocycles. The summed E-state index contributed by atoms with van der Waals surface area (Å²) in [4.78, 5) is 25.2. The zero-order chi connectivity index (χ0) is 10.8. The lowest BCUT2D eigenvalue weighted by molar-refractivity contribution is -0.134. The Morgan fingerprint density at radius 3 is 2.93 bits per heavy atom. The smallest absolute Gasteiger partial charge is 0.245 e. The van der Waals surface area contributed by atoms with Crippen LogP contribution in [0.1, 0.15) is 19.8 Å². The monoisotopic (exact) mass is 228 g/mol. The predicted octanol–water partition coefficient (Wildman–Crippen LogP) is 0.229. The molecular formula is C10H16N2O2S. The van der Waals surface area contributed by atoms with E-state index in [0.717, 1.165) is 17.9 Å². The van der Waals surface area contributed by atoms with Gasteiger partial charge in [-0.25, -0.2) is 0 Å². The summed E-state index contributed by atoms with van der Waals surface area (Å²) in [6.45, 7) is 2.35. The Bertz CT molecular complexity index is 277. The Hall–Kier alpha value is -0.710. The highest BCUT2D eigenvalue weighted by molar-refractivity contribution is 7.99. The number of amides is 2. The van der Waals surface area contributed by atoms with Crippen LogP contribution in [0.15, 0.2) is 0 Å². The zero-order valence-corrected chi connectivity index (χ0v) is 9.68. The fourth-order valence-corrected chi connectivity index (χ4v) is 3.31. The number of carbonyl (C=O) groups is 2. The lowest BCUT2D eigenvalue weighted by Gasteiger charge is -2.28. The van der Waals surface area contributed by atoms with Crippen LogP contribution in [-0.4, -0.2) is 46.8 Å². The zero-order valence-electron chi connectivity index (χ0n) is 8.86. The predicted molar refractivity (Wildman–Crippen MR) is 59.7 cm³/mol. The number of hydrogen-bond donors (Lipinski definition) is 1. The molecule has 5 heteroatoms. The van der Waals surface area contributed by atoms with E-state index in [-0.39, 0.29) is 17.9 Å². The first-order chi connectivity index (χ1) is 7.18. The van der Waals surface area contributed by atoms with Crippen LogP contribution in [0.25, 0.3) is 0 Å². The molecule has 2 unspecified atom stereocenters. The maximum absolute atomic E-state index is 12.0. The van der Waals surface area contributed by atoms with E-state index in [9.17, 15) is 9.59 Å². The number of carbonyl (C=O) groups excluding carboxylic acids is 2. The summed E-state index contributed by atoms with van der Waals surface area (Å²) in [6, 6.07) is -0.0109. The maximum Gasteiger partial charge on any atom is 0.245 e. The lowest BCUT2D eigenvalue weighted by atomic mass is 10.2. The van der Waals surface area contributed by atoms with Crippen molar-refractivity contribution in [1.82, 2.24) is 10.2 Å². The van der Waals surface area contributed by atoms with Gasteiger partial charge in [-0.15, -0.1) is 0 Å². The molecule has 0 radical (unpaired) electrons. The highest BCUT2D eigenvalue weighted by Gasteiger charge is 2.32. The van der Waals surface area contributed by atoms with Crippen LogP contribution in [0.4, 0.5) is 0 Å². The molecule has 2 heterocycles. The lowest BCUT2D eigenvalue weighted by Crippen LogP contribution is -2.47. The van der Waals surface area contributed by atoms with Gasteiger partial charge in [-0.1, -0.05) is 0 Å². The molecule has 15 heavy (non-hydrogen) atoms. The molecule has 2 rings (SSSR count). The van der Waals surface area contributed by atoms with E-state index in [1.165, 1.54) is 0 Å². The summed E-state index contributed by atoms with van der Waals surface area (Å²) in [7, 11) is 0. The van der Waals surface area contributed by atoms with Crippen molar-refractivity contribution in [1.29, 1.82) is 0 Å². The molecule has 2 saturated heterocycles. The van der Waals surface area contributed by atoms with Gasteiger partial charge in [0.25, 0.3) is 0 Å². The Morgan fingerprint density at radius 1 is 1.47 bits per heavy atom. The molecule has 2 fully saturated rings. The van der Waals surface area contributed by atoms with E-state index in [2.05, 4.69) is 5.32 Å². The highest BCUT2D eigenvalue weighted by atomic mass is 32.2. The second-order valence-electron chi connectivity index (χ2n) is 4.09. The van der Waals surface area contributed by atoms with Gasteiger partial charge in [0.15, 0.2) is 0 Å². The first-order valence-electron chi connectivity index (χ1n) is 5.36. The molecule has 4 nitrogen and oxygen atoms in total. The quantitative estimate of drug-likeness (QED) is 0.699. The van der Waals surface area contributed by atoms with Gasteiger partial charge >= 0.3 is 0 Å². The van der Waals surface area contributed by atoms with Gasteiger partial charge in [0.2, 0.25) is 11.8 Å². The number of thioether (sulfide) groups is 1. The molecule has 0 bridgehead atoms. The third kappa shape index (κ3) is 2.27. The first kappa shape index (κ1) is 10.8. The van der Waals surface area contributed by atoms with Crippen molar-refractivity contribution < 1.29 is 9.59 Å². The van der Waals surface area contributed by atoms with Gasteiger partial charge in [-0.05, 0) is 19.1 Å². The largest absolute Gasteiger partial charge is 0.345 e. The van der Waals surface area contributed by atoms with E-state index >= 15 is 0 Å². The van der Waals surface area contributed by atoms with E-state index in [0.29, 0.717) is 19.0 Å². The molecule has 2 aliphatic heterocycles. The Morgan fingerprint density at radius 2 is 2.27 bits per heavy atom. The molecule has 2 aliphatic rings. The summed E-state index contributed by atoms with van der Waals surface area (Å²) >= 11 is 1.89. The average Bonchev–Trinajstić information content (AvgIpc) is 2.67. The van der Waals surface area contributed by atoms with Crippen LogP contribution in [0, 0.1) is 0 Å². The molecule has 0 aromatic rings. The Labute approximate surface area is 93.8 Å². The molecule has 0 aliphatic carbocycles. The van der Waals surface area contributed by atoms with Crippen LogP contribution in [0.5, 0.6) is 0 Å². The fraction of sp³-hybridized carbons (Fsp3) is 0.800. The molecule has 0 spiro atoms. The van der Waals surface area contributed by atoms with Crippen molar-refractivity contribution >= 4 is 23.6 Å². The van der Waals surface area contributed by atoms with E-state index < -0.39 is 0 Å². The second kappa shape index (κ2) is 4.43. The summed E-state index contributed by atoms with van der Waals surface area (Å²) in [6.07, 6.45) is 1.51. The number of nitrogens with zero attached hydrogens (tertiary/aromatic N) is 1. The normalized spacial score (nSPS) is 32.7. The van der Waals surface area contributed by atoms with Gasteiger partial charge in [0.1, 0.15) is 6.04 Å². The SMILES string of the molecule is CC1NC(=O)CCN(C2CCSC2)C1=O. The van der Waals surface area contributed by atoms with Crippen molar-refractivity contribution in [2.75, 3.05) is 18.1 Å². The Kier molecular flexibility index (Phi) is 3.19. The number of hydrogen-bond acceptors (Lipinski definition) is 3. The molecule has 1 N–H and O–H groups in total. The second-order valence-corrected chi connectivity index (χ2v) is 5.24. The van der Waals surface area contributed by atoms with E-state index in [1.807, 2.05) is 16.7 Å². The van der Waals surface area contributed by atoms with Crippen LogP contribution < -0.4 is 5.32 Å². The molecule has 0 aromatic heterocycles. The van der Waals surface area contributed by atoms with Crippen molar-refractivity contribution in [3.63, 3.8) is 0 Å². The summed E-state index contributed by atoms with van der Waals surface area (Å²) < 4.78 is 0. The van der Waals surface area contributed by atoms with Crippen molar-refractivity contribution in [3.8, 4) is 0 Å². The van der Waals surface area contributed by atoms with Gasteiger partial charge in [-0.3, -0.25) is 9.59 Å². The summed E-state index contributed by atoms with van der Waals surface area (Å²) in [5.41, 5.74) is 0. The minimum atomic E-state index is -0.356. The van der Waals surface area contributed by atoms with Crippen molar-refractivity contribution in [2.45, 2.75) is 31.8 Å². The summed E-state index contributed by atoms with van der Waals surface area (Å²) in [5, 5.41) is 2.71. The van der Waals surface area contributed by atoms with Gasteiger partial charge in [0, 0.05) is 24.8 Å². The standard InChI is InChI=1S/C10H16N2O2S/c1-7-10(14)12(4-2-9(13)11-7)8-3-5-15-6-8/h7-8H,2-6H2,1H3,(H,11,13). The molecule has 84 valence electrons. The third-order valence-corrected chi connectivity index (χ3v) is 4.10. The maximum atomic E-state index is 12.0. The number of rotatable bonds is 1. The van der Waals surface area contributed by atoms with Crippen LogP contribution in [0.3, 0.4) is 0 Å². The van der Waals surface area contributed by atoms with Crippen molar-refractivity contribution in [3.05, 3.63) is 0 Å². The number of nitrogens with one attached hydrogen (secondary N) is 1. The third-order valence-electron chi connectivity index (χ3n) is 2.96. The molecule has 0 saturated carbocycles. The Balaban J connectivity index is 2.08. The van der Waals surface area contributed by atoms with E-state index in [1.54, 1.807) is 6.92 Å². The van der Waals surface area contributed by atoms with Crippen LogP contribution in [0.2, 0.25) is 0 Å². The average molecular weight is 228 g/mol. The van der Waals surface area contributed by atoms with Crippen molar-refractivity contribution in [2.24, 2.45) is 0 Å². The summed E-state index contributed by atoms with van der Waals surface area (Å²) in [5.74, 6) is 2.22. The van der Waals surface area contributed by atoms with Gasteiger partial charge < -0.3 is 10.2 Å². The molecule has 2 amide bonds.